The van der Waals surface area contributed by atoms with Gasteiger partial charge in [0.1, 0.15) is 0 Å². The molecule has 12 aromatic carbocycles. The average Bonchev–Trinajstić information content (AvgIpc) is 1.62. The third-order valence-electron chi connectivity index (χ3n) is 16.9. The van der Waals surface area contributed by atoms with Crippen molar-refractivity contribution in [2.45, 2.75) is 5.41 Å². The Bertz CT molecular complexity index is 4930. The van der Waals surface area contributed by atoms with Gasteiger partial charge in [0.25, 0.3) is 0 Å². The zero-order valence-corrected chi connectivity index (χ0v) is 46.7. The Morgan fingerprint density at radius 3 is 1.33 bits per heavy atom. The van der Waals surface area contributed by atoms with E-state index in [1.807, 2.05) is 66.7 Å². The van der Waals surface area contributed by atoms with Crippen molar-refractivity contribution in [1.29, 1.82) is 0 Å². The second kappa shape index (κ2) is 21.1. The van der Waals surface area contributed by atoms with E-state index in [2.05, 4.69) is 253 Å². The highest BCUT2D eigenvalue weighted by molar-refractivity contribution is 6.17. The van der Waals surface area contributed by atoms with Crippen LogP contribution in [0.3, 0.4) is 0 Å². The summed E-state index contributed by atoms with van der Waals surface area (Å²) in [6.45, 7) is 0. The van der Waals surface area contributed by atoms with Crippen molar-refractivity contribution < 1.29 is 0 Å². The number of benzene rings is 12. The largest absolute Gasteiger partial charge is 0.309 e. The van der Waals surface area contributed by atoms with Crippen molar-refractivity contribution in [3.05, 3.63) is 338 Å². The highest BCUT2D eigenvalue weighted by Gasteiger charge is 2.46. The number of hydrogen-bond acceptors (Lipinski definition) is 5. The van der Waals surface area contributed by atoms with Gasteiger partial charge in [-0.1, -0.05) is 267 Å². The van der Waals surface area contributed by atoms with Crippen LogP contribution in [0.15, 0.2) is 315 Å². The first-order valence-corrected chi connectivity index (χ1v) is 29.1. The molecule has 6 heteroatoms. The molecular weight excluding hydrogens is 1040 g/mol. The van der Waals surface area contributed by atoms with Crippen molar-refractivity contribution in [3.63, 3.8) is 0 Å². The fourth-order valence-corrected chi connectivity index (χ4v) is 13.0. The predicted molar refractivity (Wildman–Crippen MR) is 351 cm³/mol. The SMILES string of the molecule is c1ccc(-c2ccc3c(c2)c2c(-c4cccc(-c5nc(-c6ccccc6)cc(-c6cccc(-c7nc(-c8ccccc8)nc(-c8ccccc8)n7)c6)n5)c4)cccc2n3-c2ccc3c(c2)C(c2ccccc2)(c2ccccc2)c2ccccc2-3)cc1. The van der Waals surface area contributed by atoms with Crippen LogP contribution in [0.2, 0.25) is 0 Å². The third-order valence-corrected chi connectivity index (χ3v) is 16.9. The highest BCUT2D eigenvalue weighted by Crippen LogP contribution is 2.57. The van der Waals surface area contributed by atoms with Gasteiger partial charge in [-0.3, -0.25) is 0 Å². The fourth-order valence-electron chi connectivity index (χ4n) is 13.0. The van der Waals surface area contributed by atoms with E-state index in [9.17, 15) is 0 Å². The highest BCUT2D eigenvalue weighted by atomic mass is 15.0. The zero-order valence-electron chi connectivity index (χ0n) is 46.7. The molecule has 1 aliphatic rings. The van der Waals surface area contributed by atoms with Crippen LogP contribution in [-0.2, 0) is 5.41 Å². The van der Waals surface area contributed by atoms with Gasteiger partial charge in [0.2, 0.25) is 0 Å². The second-order valence-corrected chi connectivity index (χ2v) is 21.9. The quantitative estimate of drug-likeness (QED) is 0.129. The topological polar surface area (TPSA) is 69.4 Å². The Morgan fingerprint density at radius 1 is 0.244 bits per heavy atom. The minimum atomic E-state index is -0.551. The second-order valence-electron chi connectivity index (χ2n) is 21.9. The van der Waals surface area contributed by atoms with E-state index in [0.29, 0.717) is 23.3 Å². The van der Waals surface area contributed by atoms with Gasteiger partial charge in [-0.25, -0.2) is 24.9 Å². The number of nitrogens with zero attached hydrogens (tertiary/aromatic N) is 6. The van der Waals surface area contributed by atoms with Crippen molar-refractivity contribution in [1.82, 2.24) is 29.5 Å². The van der Waals surface area contributed by atoms with Crippen LogP contribution in [0.1, 0.15) is 22.3 Å². The number of fused-ring (bicyclic) bond motifs is 6. The molecule has 0 radical (unpaired) electrons. The van der Waals surface area contributed by atoms with Crippen molar-refractivity contribution in [2.24, 2.45) is 0 Å². The molecule has 0 bridgehead atoms. The van der Waals surface area contributed by atoms with E-state index < -0.39 is 5.41 Å². The monoisotopic (exact) mass is 1100 g/mol. The first kappa shape index (κ1) is 50.3. The smallest absolute Gasteiger partial charge is 0.164 e. The van der Waals surface area contributed by atoms with Gasteiger partial charge in [0.05, 0.1) is 27.8 Å². The molecule has 15 aromatic rings. The molecular formula is C80H52N6. The molecule has 0 fully saturated rings. The Kier molecular flexibility index (Phi) is 12.3. The van der Waals surface area contributed by atoms with Gasteiger partial charge in [0, 0.05) is 49.8 Å². The lowest BCUT2D eigenvalue weighted by Gasteiger charge is -2.34. The van der Waals surface area contributed by atoms with Crippen LogP contribution in [0, 0.1) is 0 Å². The Hall–Kier alpha value is -11.5. The molecule has 6 nitrogen and oxygen atoms in total. The standard InChI is InChI=1S/C80H52N6/c1-7-24-53(25-8-1)57-44-47-73-68(50-57)75-65(41-23-43-74(75)86(73)64-45-46-67-66-40-19-20-42-69(66)80(70(67)51-64,62-36-15-5-16-37-62)63-38-17-6-18-39-63)58-32-21-34-60(48-58)78-81-71(54-26-9-2-10-27-54)52-72(82-78)59-33-22-35-61(49-59)79-84-76(55-28-11-3-12-29-55)83-77(85-79)56-30-13-4-14-31-56/h1-52H. The molecule has 0 saturated heterocycles. The molecule has 86 heavy (non-hydrogen) atoms. The lowest BCUT2D eigenvalue weighted by atomic mass is 9.67. The van der Waals surface area contributed by atoms with Crippen LogP contribution < -0.4 is 0 Å². The normalized spacial score (nSPS) is 12.3. The van der Waals surface area contributed by atoms with Crippen LogP contribution in [0.5, 0.6) is 0 Å². The summed E-state index contributed by atoms with van der Waals surface area (Å²) >= 11 is 0. The Morgan fingerprint density at radius 2 is 0.698 bits per heavy atom. The maximum Gasteiger partial charge on any atom is 0.164 e. The lowest BCUT2D eigenvalue weighted by Crippen LogP contribution is -2.28. The van der Waals surface area contributed by atoms with Gasteiger partial charge in [-0.15, -0.1) is 0 Å². The Balaban J connectivity index is 0.860. The van der Waals surface area contributed by atoms with Gasteiger partial charge in [-0.2, -0.15) is 0 Å². The molecule has 0 unspecified atom stereocenters. The van der Waals surface area contributed by atoms with Crippen LogP contribution in [0.4, 0.5) is 0 Å². The summed E-state index contributed by atoms with van der Waals surface area (Å²) in [7, 11) is 0. The number of hydrogen-bond donors (Lipinski definition) is 0. The molecule has 0 atom stereocenters. The average molecular weight is 1100 g/mol. The van der Waals surface area contributed by atoms with Gasteiger partial charge < -0.3 is 4.57 Å². The maximum atomic E-state index is 5.43. The summed E-state index contributed by atoms with van der Waals surface area (Å²) in [4.78, 5) is 25.9. The van der Waals surface area contributed by atoms with E-state index in [0.717, 1.165) is 83.6 Å². The van der Waals surface area contributed by atoms with E-state index in [1.54, 1.807) is 0 Å². The molecule has 0 aliphatic heterocycles. The summed E-state index contributed by atoms with van der Waals surface area (Å²) in [5.74, 6) is 2.41. The molecule has 0 N–H and O–H groups in total. The van der Waals surface area contributed by atoms with E-state index in [-0.39, 0.29) is 0 Å². The minimum Gasteiger partial charge on any atom is -0.309 e. The Labute approximate surface area is 498 Å². The van der Waals surface area contributed by atoms with Crippen LogP contribution >= 0.6 is 0 Å². The van der Waals surface area contributed by atoms with Crippen molar-refractivity contribution in [2.75, 3.05) is 0 Å². The van der Waals surface area contributed by atoms with Gasteiger partial charge in [-0.05, 0) is 104 Å². The van der Waals surface area contributed by atoms with Crippen LogP contribution in [-0.4, -0.2) is 29.5 Å². The maximum absolute atomic E-state index is 5.43. The third kappa shape index (κ3) is 8.62. The van der Waals surface area contributed by atoms with Crippen LogP contribution in [0.25, 0.3) is 129 Å². The summed E-state index contributed by atoms with van der Waals surface area (Å²) in [5, 5.41) is 2.33. The molecule has 0 amide bonds. The van der Waals surface area contributed by atoms with Crippen molar-refractivity contribution >= 4 is 21.8 Å². The molecule has 0 spiro atoms. The molecule has 1 aliphatic carbocycles. The molecule has 3 aromatic heterocycles. The molecule has 402 valence electrons. The first-order chi connectivity index (χ1) is 42.6. The molecule has 16 rings (SSSR count). The van der Waals surface area contributed by atoms with E-state index >= 15 is 0 Å². The summed E-state index contributed by atoms with van der Waals surface area (Å²) in [6.07, 6.45) is 0. The van der Waals surface area contributed by atoms with E-state index in [4.69, 9.17) is 24.9 Å². The summed E-state index contributed by atoms with van der Waals surface area (Å²) in [5.41, 5.74) is 21.9. The number of rotatable bonds is 11. The first-order valence-electron chi connectivity index (χ1n) is 29.1. The summed E-state index contributed by atoms with van der Waals surface area (Å²) in [6, 6.07) is 112. The lowest BCUT2D eigenvalue weighted by molar-refractivity contribution is 0.767. The fraction of sp³-hybridized carbons (Fsp3) is 0.0125. The van der Waals surface area contributed by atoms with Gasteiger partial charge >= 0.3 is 0 Å². The van der Waals surface area contributed by atoms with Crippen molar-refractivity contribution in [3.8, 4) is 107 Å². The van der Waals surface area contributed by atoms with E-state index in [1.165, 1.54) is 44.3 Å². The summed E-state index contributed by atoms with van der Waals surface area (Å²) < 4.78 is 2.48. The zero-order chi connectivity index (χ0) is 57.0. The molecule has 3 heterocycles. The molecule has 0 saturated carbocycles. The number of aromatic nitrogens is 6. The minimum absolute atomic E-state index is 0.551. The van der Waals surface area contributed by atoms with Gasteiger partial charge in [0.15, 0.2) is 23.3 Å². The predicted octanol–water partition coefficient (Wildman–Crippen LogP) is 19.5.